The van der Waals surface area contributed by atoms with Crippen LogP contribution in [0.2, 0.25) is 0 Å². The number of pyridine rings is 1. The topological polar surface area (TPSA) is 64.4 Å². The summed E-state index contributed by atoms with van der Waals surface area (Å²) in [6, 6.07) is 4.67. The quantitative estimate of drug-likeness (QED) is 0.507. The summed E-state index contributed by atoms with van der Waals surface area (Å²) in [5, 5.41) is 11.2. The van der Waals surface area contributed by atoms with Gasteiger partial charge < -0.3 is 10.2 Å². The molecule has 3 heterocycles. The number of aliphatic imine (C=N–C) groups is 1. The van der Waals surface area contributed by atoms with E-state index in [4.69, 9.17) is 5.41 Å². The van der Waals surface area contributed by atoms with Gasteiger partial charge in [0.15, 0.2) is 0 Å². The molecule has 0 aromatic carbocycles. The highest BCUT2D eigenvalue weighted by atomic mass is 19.1. The van der Waals surface area contributed by atoms with Gasteiger partial charge >= 0.3 is 0 Å². The fourth-order valence-electron chi connectivity index (χ4n) is 2.57. The molecule has 2 N–H and O–H groups in total. The van der Waals surface area contributed by atoms with E-state index >= 15 is 0 Å². The summed E-state index contributed by atoms with van der Waals surface area (Å²) in [4.78, 5) is 10.3. The van der Waals surface area contributed by atoms with Crippen molar-refractivity contribution in [2.75, 3.05) is 19.6 Å². The molecule has 1 aromatic rings. The van der Waals surface area contributed by atoms with Crippen LogP contribution in [0, 0.1) is 11.4 Å². The molecule has 1 fully saturated rings. The van der Waals surface area contributed by atoms with Crippen LogP contribution < -0.4 is 5.32 Å². The fraction of sp³-hybridized carbons (Fsp3) is 0.400. The summed E-state index contributed by atoms with van der Waals surface area (Å²) < 4.78 is 13.1. The van der Waals surface area contributed by atoms with Crippen molar-refractivity contribution in [1.29, 1.82) is 5.41 Å². The molecule has 5 nitrogen and oxygen atoms in total. The molecule has 1 saturated heterocycles. The SMILES string of the molecule is N=C(/C=C\C1=NCC(c2cccc(F)n2)N1)N1CCCC1. The first-order valence-corrected chi connectivity index (χ1v) is 7.17. The molecule has 2 aliphatic heterocycles. The molecule has 21 heavy (non-hydrogen) atoms. The van der Waals surface area contributed by atoms with E-state index < -0.39 is 5.95 Å². The summed E-state index contributed by atoms with van der Waals surface area (Å²) in [6.45, 7) is 2.45. The van der Waals surface area contributed by atoms with E-state index in [1.54, 1.807) is 24.3 Å². The van der Waals surface area contributed by atoms with Crippen LogP contribution in [0.15, 0.2) is 35.3 Å². The van der Waals surface area contributed by atoms with Crippen LogP contribution in [0.3, 0.4) is 0 Å². The van der Waals surface area contributed by atoms with Crippen LogP contribution in [0.25, 0.3) is 0 Å². The zero-order chi connectivity index (χ0) is 14.7. The fourth-order valence-corrected chi connectivity index (χ4v) is 2.57. The number of hydrogen-bond acceptors (Lipinski definition) is 4. The van der Waals surface area contributed by atoms with Crippen molar-refractivity contribution < 1.29 is 4.39 Å². The summed E-state index contributed by atoms with van der Waals surface area (Å²) in [7, 11) is 0. The van der Waals surface area contributed by atoms with Crippen molar-refractivity contribution >= 4 is 11.7 Å². The van der Waals surface area contributed by atoms with E-state index in [1.807, 2.05) is 0 Å². The van der Waals surface area contributed by atoms with E-state index in [0.29, 0.717) is 18.1 Å². The van der Waals surface area contributed by atoms with Gasteiger partial charge in [-0.1, -0.05) is 6.07 Å². The van der Waals surface area contributed by atoms with Crippen LogP contribution in [-0.2, 0) is 0 Å². The predicted molar refractivity (Wildman–Crippen MR) is 80.0 cm³/mol. The standard InChI is InChI=1S/C15H18FN5/c16-13-5-3-4-11(19-13)12-10-18-15(20-12)7-6-14(17)21-8-1-2-9-21/h3-7,12,17H,1-2,8-10H2,(H,18,20)/b7-6-,17-14?. The molecule has 0 bridgehead atoms. The predicted octanol–water partition coefficient (Wildman–Crippen LogP) is 1.89. The van der Waals surface area contributed by atoms with Crippen LogP contribution in [-0.4, -0.2) is 41.2 Å². The third-order valence-corrected chi connectivity index (χ3v) is 3.71. The van der Waals surface area contributed by atoms with Crippen LogP contribution in [0.1, 0.15) is 24.6 Å². The Morgan fingerprint density at radius 2 is 2.19 bits per heavy atom. The minimum Gasteiger partial charge on any atom is -0.360 e. The molecule has 2 aliphatic rings. The first-order valence-electron chi connectivity index (χ1n) is 7.17. The van der Waals surface area contributed by atoms with Gasteiger partial charge in [0.2, 0.25) is 5.95 Å². The minimum absolute atomic E-state index is 0.0960. The number of likely N-dealkylation sites (tertiary alicyclic amines) is 1. The smallest absolute Gasteiger partial charge is 0.213 e. The molecule has 1 unspecified atom stereocenters. The molecular formula is C15H18FN5. The zero-order valence-electron chi connectivity index (χ0n) is 11.7. The Bertz CT molecular complexity index is 589. The largest absolute Gasteiger partial charge is 0.360 e. The van der Waals surface area contributed by atoms with E-state index in [1.165, 1.54) is 6.07 Å². The Labute approximate surface area is 123 Å². The Hall–Kier alpha value is -2.24. The van der Waals surface area contributed by atoms with Gasteiger partial charge in [0, 0.05) is 13.1 Å². The molecule has 0 spiro atoms. The summed E-state index contributed by atoms with van der Waals surface area (Å²) in [5.41, 5.74) is 0.650. The number of hydrogen-bond donors (Lipinski definition) is 2. The highest BCUT2D eigenvalue weighted by Gasteiger charge is 2.19. The lowest BCUT2D eigenvalue weighted by Gasteiger charge is -2.15. The van der Waals surface area contributed by atoms with Crippen LogP contribution >= 0.6 is 0 Å². The molecule has 110 valence electrons. The van der Waals surface area contributed by atoms with Crippen molar-refractivity contribution in [3.05, 3.63) is 42.0 Å². The number of halogens is 1. The molecule has 1 aromatic heterocycles. The van der Waals surface area contributed by atoms with Gasteiger partial charge in [-0.2, -0.15) is 4.39 Å². The molecular weight excluding hydrogens is 269 g/mol. The molecule has 0 saturated carbocycles. The van der Waals surface area contributed by atoms with Gasteiger partial charge in [-0.15, -0.1) is 0 Å². The maximum atomic E-state index is 13.1. The summed E-state index contributed by atoms with van der Waals surface area (Å²) in [5.74, 6) is 0.758. The van der Waals surface area contributed by atoms with Gasteiger partial charge in [0.05, 0.1) is 18.3 Å². The van der Waals surface area contributed by atoms with Crippen molar-refractivity contribution in [3.63, 3.8) is 0 Å². The molecule has 3 rings (SSSR count). The van der Waals surface area contributed by atoms with Gasteiger partial charge in [-0.25, -0.2) is 4.98 Å². The Morgan fingerprint density at radius 1 is 1.38 bits per heavy atom. The Balaban J connectivity index is 1.58. The third-order valence-electron chi connectivity index (χ3n) is 3.71. The van der Waals surface area contributed by atoms with E-state index in [-0.39, 0.29) is 6.04 Å². The number of nitrogens with one attached hydrogen (secondary N) is 2. The van der Waals surface area contributed by atoms with Gasteiger partial charge in [-0.3, -0.25) is 10.4 Å². The van der Waals surface area contributed by atoms with E-state index in [2.05, 4.69) is 20.2 Å². The van der Waals surface area contributed by atoms with E-state index in [9.17, 15) is 4.39 Å². The Kier molecular flexibility index (Phi) is 3.94. The number of rotatable bonds is 3. The molecule has 6 heteroatoms. The minimum atomic E-state index is -0.478. The highest BCUT2D eigenvalue weighted by Crippen LogP contribution is 2.15. The molecule has 0 aliphatic carbocycles. The monoisotopic (exact) mass is 287 g/mol. The summed E-state index contributed by atoms with van der Waals surface area (Å²) in [6.07, 6.45) is 5.88. The lowest BCUT2D eigenvalue weighted by atomic mass is 10.2. The average Bonchev–Trinajstić information content (AvgIpc) is 3.16. The maximum absolute atomic E-state index is 13.1. The van der Waals surface area contributed by atoms with Crippen LogP contribution in [0.4, 0.5) is 4.39 Å². The van der Waals surface area contributed by atoms with Gasteiger partial charge in [0.25, 0.3) is 0 Å². The number of nitrogens with zero attached hydrogens (tertiary/aromatic N) is 3. The second-order valence-electron chi connectivity index (χ2n) is 5.22. The Morgan fingerprint density at radius 3 is 2.95 bits per heavy atom. The van der Waals surface area contributed by atoms with Crippen molar-refractivity contribution in [3.8, 4) is 0 Å². The average molecular weight is 287 g/mol. The van der Waals surface area contributed by atoms with Crippen molar-refractivity contribution in [2.45, 2.75) is 18.9 Å². The zero-order valence-corrected chi connectivity index (χ0v) is 11.7. The molecule has 0 amide bonds. The molecule has 1 atom stereocenters. The first-order chi connectivity index (χ1) is 10.2. The second kappa shape index (κ2) is 6.03. The van der Waals surface area contributed by atoms with Crippen molar-refractivity contribution in [2.24, 2.45) is 4.99 Å². The lowest BCUT2D eigenvalue weighted by molar-refractivity contribution is 0.519. The molecule has 0 radical (unpaired) electrons. The number of aromatic nitrogens is 1. The maximum Gasteiger partial charge on any atom is 0.213 e. The highest BCUT2D eigenvalue weighted by molar-refractivity contribution is 6.01. The van der Waals surface area contributed by atoms with E-state index in [0.717, 1.165) is 31.8 Å². The van der Waals surface area contributed by atoms with Gasteiger partial charge in [-0.05, 0) is 37.1 Å². The van der Waals surface area contributed by atoms with Crippen LogP contribution in [0.5, 0.6) is 0 Å². The van der Waals surface area contributed by atoms with Crippen molar-refractivity contribution in [1.82, 2.24) is 15.2 Å². The lowest BCUT2D eigenvalue weighted by Crippen LogP contribution is -2.26. The number of amidine groups is 2. The summed E-state index contributed by atoms with van der Waals surface area (Å²) >= 11 is 0. The first kappa shape index (κ1) is 13.7. The van der Waals surface area contributed by atoms with Gasteiger partial charge in [0.1, 0.15) is 11.7 Å². The third kappa shape index (κ3) is 3.26. The second-order valence-corrected chi connectivity index (χ2v) is 5.22. The normalized spacial score (nSPS) is 21.7.